The van der Waals surface area contributed by atoms with Gasteiger partial charge in [0.2, 0.25) is 0 Å². The highest BCUT2D eigenvalue weighted by molar-refractivity contribution is 5.56. The molecule has 1 nitrogen and oxygen atoms in total. The molecule has 1 heteroatoms. The van der Waals surface area contributed by atoms with Gasteiger partial charge in [-0.25, -0.2) is 0 Å². The molecule has 0 spiro atoms. The quantitative estimate of drug-likeness (QED) is 0.828. The van der Waals surface area contributed by atoms with Crippen molar-refractivity contribution >= 4 is 6.08 Å². The van der Waals surface area contributed by atoms with Crippen molar-refractivity contribution in [3.63, 3.8) is 0 Å². The predicted molar refractivity (Wildman–Crippen MR) is 77.4 cm³/mol. The van der Waals surface area contributed by atoms with E-state index < -0.39 is 0 Å². The number of nitrogens with one attached hydrogen (secondary N) is 1. The third-order valence-corrected chi connectivity index (χ3v) is 2.93. The van der Waals surface area contributed by atoms with Gasteiger partial charge in [-0.2, -0.15) is 0 Å². The molecule has 94 valence electrons. The Kier molecular flexibility index (Phi) is 4.53. The summed E-state index contributed by atoms with van der Waals surface area (Å²) in [5, 5.41) is 3.45. The molecule has 0 unspecified atom stereocenters. The highest BCUT2D eigenvalue weighted by Crippen LogP contribution is 2.16. The van der Waals surface area contributed by atoms with Crippen molar-refractivity contribution in [1.29, 1.82) is 0 Å². The van der Waals surface area contributed by atoms with Gasteiger partial charge in [-0.15, -0.1) is 0 Å². The maximum absolute atomic E-state index is 3.45. The smallest absolute Gasteiger partial charge is 0.0143 e. The first kappa shape index (κ1) is 14.0. The molecule has 17 heavy (non-hydrogen) atoms. The summed E-state index contributed by atoms with van der Waals surface area (Å²) in [5.74, 6) is 0. The molecule has 1 aromatic carbocycles. The van der Waals surface area contributed by atoms with Crippen LogP contribution < -0.4 is 5.32 Å². The molecule has 1 aromatic rings. The third kappa shape index (κ3) is 4.74. The molecule has 0 radical (unpaired) electrons. The third-order valence-electron chi connectivity index (χ3n) is 2.93. The van der Waals surface area contributed by atoms with Crippen LogP contribution in [0.1, 0.15) is 43.0 Å². The molecular weight excluding hydrogens is 206 g/mol. The lowest BCUT2D eigenvalue weighted by Crippen LogP contribution is -2.35. The zero-order valence-corrected chi connectivity index (χ0v) is 12.0. The molecule has 0 bridgehead atoms. The first-order valence-corrected chi connectivity index (χ1v) is 6.29. The molecule has 0 atom stereocenters. The number of benzene rings is 1. The maximum atomic E-state index is 3.45. The highest BCUT2D eigenvalue weighted by atomic mass is 14.9. The van der Waals surface area contributed by atoms with Crippen LogP contribution in [0.15, 0.2) is 18.2 Å². The fourth-order valence-corrected chi connectivity index (χ4v) is 1.71. The number of aryl methyl sites for hydroxylation is 3. The summed E-state index contributed by atoms with van der Waals surface area (Å²) in [4.78, 5) is 0. The normalized spacial score (nSPS) is 12.4. The predicted octanol–water partition coefficient (Wildman–Crippen LogP) is 4.01. The molecular formula is C16H25N. The first-order valence-electron chi connectivity index (χ1n) is 6.29. The summed E-state index contributed by atoms with van der Waals surface area (Å²) >= 11 is 0. The Morgan fingerprint density at radius 1 is 1.00 bits per heavy atom. The van der Waals surface area contributed by atoms with Gasteiger partial charge < -0.3 is 5.32 Å². The zero-order chi connectivity index (χ0) is 13.1. The Labute approximate surface area is 106 Å². The van der Waals surface area contributed by atoms with Crippen LogP contribution >= 0.6 is 0 Å². The van der Waals surface area contributed by atoms with Crippen LogP contribution in [0.5, 0.6) is 0 Å². The van der Waals surface area contributed by atoms with Crippen molar-refractivity contribution in [2.75, 3.05) is 6.54 Å². The Morgan fingerprint density at radius 3 is 2.18 bits per heavy atom. The molecule has 0 aromatic heterocycles. The Balaban J connectivity index is 2.69. The Bertz CT molecular complexity index is 408. The molecule has 1 N–H and O–H groups in total. The number of hydrogen-bond acceptors (Lipinski definition) is 1. The van der Waals surface area contributed by atoms with Gasteiger partial charge in [0, 0.05) is 12.1 Å². The van der Waals surface area contributed by atoms with Crippen molar-refractivity contribution in [3.05, 3.63) is 40.5 Å². The van der Waals surface area contributed by atoms with Crippen LogP contribution in [0, 0.1) is 20.8 Å². The van der Waals surface area contributed by atoms with Crippen LogP contribution in [0.3, 0.4) is 0 Å². The molecule has 0 heterocycles. The van der Waals surface area contributed by atoms with Crippen LogP contribution in [-0.2, 0) is 0 Å². The lowest BCUT2D eigenvalue weighted by Gasteiger charge is -2.19. The van der Waals surface area contributed by atoms with Gasteiger partial charge in [0.25, 0.3) is 0 Å². The molecule has 0 fully saturated rings. The van der Waals surface area contributed by atoms with Crippen molar-refractivity contribution in [3.8, 4) is 0 Å². The van der Waals surface area contributed by atoms with Gasteiger partial charge in [0.15, 0.2) is 0 Å². The minimum absolute atomic E-state index is 0.183. The van der Waals surface area contributed by atoms with Crippen molar-refractivity contribution in [1.82, 2.24) is 5.32 Å². The van der Waals surface area contributed by atoms with Gasteiger partial charge >= 0.3 is 0 Å². The van der Waals surface area contributed by atoms with Gasteiger partial charge in [-0.3, -0.25) is 0 Å². The monoisotopic (exact) mass is 231 g/mol. The second kappa shape index (κ2) is 5.50. The highest BCUT2D eigenvalue weighted by Gasteiger charge is 2.05. The minimum Gasteiger partial charge on any atom is -0.309 e. The van der Waals surface area contributed by atoms with E-state index in [4.69, 9.17) is 0 Å². The Hall–Kier alpha value is -1.08. The van der Waals surface area contributed by atoms with Crippen molar-refractivity contribution in [2.24, 2.45) is 0 Å². The number of rotatable bonds is 3. The van der Waals surface area contributed by atoms with E-state index in [1.54, 1.807) is 0 Å². The average molecular weight is 231 g/mol. The zero-order valence-electron chi connectivity index (χ0n) is 12.0. The minimum atomic E-state index is 0.183. The lowest BCUT2D eigenvalue weighted by molar-refractivity contribution is 0.450. The summed E-state index contributed by atoms with van der Waals surface area (Å²) in [7, 11) is 0. The SMILES string of the molecule is Cc1cc(C)c(C=CCNC(C)(C)C)cc1C. The topological polar surface area (TPSA) is 12.0 Å². The van der Waals surface area contributed by atoms with E-state index >= 15 is 0 Å². The Morgan fingerprint density at radius 2 is 1.59 bits per heavy atom. The lowest BCUT2D eigenvalue weighted by atomic mass is 10.0. The second-order valence-corrected chi connectivity index (χ2v) is 5.83. The molecule has 1 rings (SSSR count). The van der Waals surface area contributed by atoms with Gasteiger partial charge in [0.05, 0.1) is 0 Å². The van der Waals surface area contributed by atoms with Gasteiger partial charge in [-0.05, 0) is 63.8 Å². The van der Waals surface area contributed by atoms with Crippen LogP contribution in [0.2, 0.25) is 0 Å². The van der Waals surface area contributed by atoms with Crippen LogP contribution in [0.4, 0.5) is 0 Å². The van der Waals surface area contributed by atoms with E-state index in [1.165, 1.54) is 22.3 Å². The van der Waals surface area contributed by atoms with E-state index in [0.717, 1.165) is 6.54 Å². The van der Waals surface area contributed by atoms with E-state index in [0.29, 0.717) is 0 Å². The second-order valence-electron chi connectivity index (χ2n) is 5.83. The first-order chi connectivity index (χ1) is 7.79. The summed E-state index contributed by atoms with van der Waals surface area (Å²) in [6, 6.07) is 4.52. The molecule has 0 aliphatic heterocycles. The van der Waals surface area contributed by atoms with Gasteiger partial charge in [-0.1, -0.05) is 24.3 Å². The number of hydrogen-bond donors (Lipinski definition) is 1. The van der Waals surface area contributed by atoms with E-state index in [9.17, 15) is 0 Å². The summed E-state index contributed by atoms with van der Waals surface area (Å²) in [6.07, 6.45) is 4.41. The fourth-order valence-electron chi connectivity index (χ4n) is 1.71. The fraction of sp³-hybridized carbons (Fsp3) is 0.500. The standard InChI is InChI=1S/C16H25N/c1-12-10-14(3)15(11-13(12)2)8-7-9-17-16(4,5)6/h7-8,10-11,17H,9H2,1-6H3. The summed E-state index contributed by atoms with van der Waals surface area (Å²) in [5.41, 5.74) is 5.58. The van der Waals surface area contributed by atoms with Gasteiger partial charge in [0.1, 0.15) is 0 Å². The molecule has 0 saturated heterocycles. The molecule has 0 aliphatic rings. The van der Waals surface area contributed by atoms with E-state index in [1.807, 2.05) is 0 Å². The molecule has 0 saturated carbocycles. The molecule has 0 amide bonds. The maximum Gasteiger partial charge on any atom is 0.0143 e. The summed E-state index contributed by atoms with van der Waals surface area (Å²) < 4.78 is 0. The van der Waals surface area contributed by atoms with Crippen molar-refractivity contribution in [2.45, 2.75) is 47.1 Å². The molecule has 0 aliphatic carbocycles. The van der Waals surface area contributed by atoms with Crippen LogP contribution in [-0.4, -0.2) is 12.1 Å². The largest absolute Gasteiger partial charge is 0.309 e. The summed E-state index contributed by atoms with van der Waals surface area (Å²) in [6.45, 7) is 14.0. The average Bonchev–Trinajstić information content (AvgIpc) is 2.18. The van der Waals surface area contributed by atoms with Crippen LogP contribution in [0.25, 0.3) is 6.08 Å². The van der Waals surface area contributed by atoms with E-state index in [2.05, 4.69) is 71.1 Å². The van der Waals surface area contributed by atoms with E-state index in [-0.39, 0.29) is 5.54 Å². The van der Waals surface area contributed by atoms with Crippen molar-refractivity contribution < 1.29 is 0 Å².